The first kappa shape index (κ1) is 17.5. The summed E-state index contributed by atoms with van der Waals surface area (Å²) in [4.78, 5) is 13.1. The first-order valence-electron chi connectivity index (χ1n) is 6.77. The van der Waals surface area contributed by atoms with Gasteiger partial charge in [0, 0.05) is 18.3 Å². The van der Waals surface area contributed by atoms with Crippen molar-refractivity contribution in [1.82, 2.24) is 14.7 Å². The van der Waals surface area contributed by atoms with Gasteiger partial charge in [-0.2, -0.15) is 18.3 Å². The Hall–Kier alpha value is -1.57. The van der Waals surface area contributed by atoms with Crippen molar-refractivity contribution in [2.24, 2.45) is 5.73 Å². The average molecular weight is 306 g/mol. The Morgan fingerprint density at radius 2 is 2.10 bits per heavy atom. The van der Waals surface area contributed by atoms with E-state index < -0.39 is 24.7 Å². The topological polar surface area (TPSA) is 64.2 Å². The lowest BCUT2D eigenvalue weighted by Gasteiger charge is -2.27. The predicted octanol–water partition coefficient (Wildman–Crippen LogP) is 1.95. The summed E-state index contributed by atoms with van der Waals surface area (Å²) in [6, 6.07) is -0.550. The summed E-state index contributed by atoms with van der Waals surface area (Å²) < 4.78 is 39.3. The van der Waals surface area contributed by atoms with Gasteiger partial charge in [-0.3, -0.25) is 9.48 Å². The van der Waals surface area contributed by atoms with E-state index in [9.17, 15) is 18.0 Å². The van der Waals surface area contributed by atoms with Gasteiger partial charge in [0.1, 0.15) is 6.54 Å². The van der Waals surface area contributed by atoms with Crippen LogP contribution in [0, 0.1) is 6.92 Å². The van der Waals surface area contributed by atoms with Gasteiger partial charge in [-0.15, -0.1) is 0 Å². The van der Waals surface area contributed by atoms with Gasteiger partial charge in [0.2, 0.25) is 0 Å². The number of nitrogens with zero attached hydrogens (tertiary/aromatic N) is 3. The number of amides is 1. The Kier molecular flexibility index (Phi) is 5.77. The quantitative estimate of drug-likeness (QED) is 0.873. The molecule has 0 aliphatic heterocycles. The Balaban J connectivity index is 2.97. The minimum absolute atomic E-state index is 0.199. The molecule has 0 aliphatic rings. The van der Waals surface area contributed by atoms with Crippen molar-refractivity contribution in [3.05, 3.63) is 17.5 Å². The molecule has 0 unspecified atom stereocenters. The number of carbonyl (C=O) groups excluding carboxylic acids is 1. The van der Waals surface area contributed by atoms with E-state index in [-0.39, 0.29) is 5.56 Å². The number of hydrogen-bond donors (Lipinski definition) is 1. The Morgan fingerprint density at radius 1 is 1.48 bits per heavy atom. The molecule has 0 aromatic carbocycles. The normalized spacial score (nSPS) is 12.0. The second kappa shape index (κ2) is 6.93. The summed E-state index contributed by atoms with van der Waals surface area (Å²) in [5, 5.41) is 4.04. The van der Waals surface area contributed by atoms with E-state index >= 15 is 0 Å². The maximum Gasteiger partial charge on any atom is 0.406 e. The molecule has 0 fully saturated rings. The lowest BCUT2D eigenvalue weighted by Crippen LogP contribution is -2.43. The first-order valence-corrected chi connectivity index (χ1v) is 6.77. The van der Waals surface area contributed by atoms with Crippen molar-refractivity contribution < 1.29 is 18.0 Å². The van der Waals surface area contributed by atoms with Crippen molar-refractivity contribution in [2.75, 3.05) is 13.1 Å². The number of halogens is 3. The van der Waals surface area contributed by atoms with Crippen LogP contribution in [-0.2, 0) is 6.54 Å². The molecule has 2 N–H and O–H groups in total. The third-order valence-electron chi connectivity index (χ3n) is 3.14. The molecule has 5 nitrogen and oxygen atoms in total. The third kappa shape index (κ3) is 4.73. The molecule has 0 bridgehead atoms. The molecule has 0 radical (unpaired) electrons. The van der Waals surface area contributed by atoms with Crippen LogP contribution >= 0.6 is 0 Å². The lowest BCUT2D eigenvalue weighted by atomic mass is 10.2. The zero-order chi connectivity index (χ0) is 16.2. The van der Waals surface area contributed by atoms with Crippen molar-refractivity contribution in [2.45, 2.75) is 46.0 Å². The maximum atomic E-state index is 12.6. The number of alkyl halides is 3. The van der Waals surface area contributed by atoms with Gasteiger partial charge in [-0.1, -0.05) is 0 Å². The van der Waals surface area contributed by atoms with Gasteiger partial charge < -0.3 is 10.6 Å². The van der Waals surface area contributed by atoms with Crippen LogP contribution < -0.4 is 5.73 Å². The van der Waals surface area contributed by atoms with Crippen LogP contribution in [-0.4, -0.2) is 45.9 Å². The number of hydrogen-bond acceptors (Lipinski definition) is 3. The minimum Gasteiger partial charge on any atom is -0.330 e. The highest BCUT2D eigenvalue weighted by atomic mass is 19.4. The van der Waals surface area contributed by atoms with E-state index in [1.807, 2.05) is 0 Å². The lowest BCUT2D eigenvalue weighted by molar-refractivity contribution is -0.143. The first-order chi connectivity index (χ1) is 9.67. The van der Waals surface area contributed by atoms with Crippen LogP contribution in [0.3, 0.4) is 0 Å². The maximum absolute atomic E-state index is 12.6. The fourth-order valence-corrected chi connectivity index (χ4v) is 1.96. The number of aromatic nitrogens is 2. The highest BCUT2D eigenvalue weighted by Crippen LogP contribution is 2.21. The molecule has 21 heavy (non-hydrogen) atoms. The molecule has 8 heteroatoms. The van der Waals surface area contributed by atoms with E-state index in [1.54, 1.807) is 25.5 Å². The SMILES string of the molecule is Cc1c(C(=O)N(CC(F)(F)F)C(C)C)cnn1CCCN. The van der Waals surface area contributed by atoms with E-state index in [1.165, 1.54) is 6.20 Å². The monoisotopic (exact) mass is 306 g/mol. The zero-order valence-corrected chi connectivity index (χ0v) is 12.4. The molecule has 1 amide bonds. The van der Waals surface area contributed by atoms with Crippen molar-refractivity contribution in [3.63, 3.8) is 0 Å². The van der Waals surface area contributed by atoms with Crippen molar-refractivity contribution in [1.29, 1.82) is 0 Å². The molecule has 1 rings (SSSR count). The zero-order valence-electron chi connectivity index (χ0n) is 12.4. The van der Waals surface area contributed by atoms with Gasteiger partial charge in [-0.05, 0) is 33.7 Å². The standard InChI is InChI=1S/C13H21F3N4O/c1-9(2)19(8-13(14,15)16)12(21)11-7-18-20(10(11)3)6-4-5-17/h7,9H,4-6,8,17H2,1-3H3. The van der Waals surface area contributed by atoms with Crippen LogP contribution in [0.4, 0.5) is 13.2 Å². The largest absolute Gasteiger partial charge is 0.406 e. The average Bonchev–Trinajstić information content (AvgIpc) is 2.73. The van der Waals surface area contributed by atoms with E-state index in [4.69, 9.17) is 5.73 Å². The van der Waals surface area contributed by atoms with Gasteiger partial charge >= 0.3 is 6.18 Å². The summed E-state index contributed by atoms with van der Waals surface area (Å²) in [5.74, 6) is -0.654. The van der Waals surface area contributed by atoms with E-state index in [2.05, 4.69) is 5.10 Å². The molecule has 0 spiro atoms. The second-order valence-corrected chi connectivity index (χ2v) is 5.15. The van der Waals surface area contributed by atoms with Crippen LogP contribution in [0.15, 0.2) is 6.20 Å². The molecule has 1 heterocycles. The summed E-state index contributed by atoms with van der Waals surface area (Å²) >= 11 is 0. The molecular weight excluding hydrogens is 285 g/mol. The molecule has 0 atom stereocenters. The Morgan fingerprint density at radius 3 is 2.57 bits per heavy atom. The fourth-order valence-electron chi connectivity index (χ4n) is 1.96. The number of rotatable bonds is 6. The smallest absolute Gasteiger partial charge is 0.330 e. The molecule has 1 aromatic heterocycles. The van der Waals surface area contributed by atoms with E-state index in [0.717, 1.165) is 4.90 Å². The molecule has 1 aromatic rings. The fraction of sp³-hybridized carbons (Fsp3) is 0.692. The number of nitrogens with two attached hydrogens (primary N) is 1. The van der Waals surface area contributed by atoms with Crippen LogP contribution in [0.2, 0.25) is 0 Å². The van der Waals surface area contributed by atoms with Gasteiger partial charge in [-0.25, -0.2) is 0 Å². The summed E-state index contributed by atoms with van der Waals surface area (Å²) in [6.45, 7) is 4.53. The molecule has 120 valence electrons. The minimum atomic E-state index is -4.43. The van der Waals surface area contributed by atoms with Crippen LogP contribution in [0.5, 0.6) is 0 Å². The van der Waals surface area contributed by atoms with Crippen LogP contribution in [0.1, 0.15) is 36.3 Å². The molecule has 0 aliphatic carbocycles. The summed E-state index contributed by atoms with van der Waals surface area (Å²) in [5.41, 5.74) is 6.16. The summed E-state index contributed by atoms with van der Waals surface area (Å²) in [7, 11) is 0. The van der Waals surface area contributed by atoms with Gasteiger partial charge in [0.05, 0.1) is 11.8 Å². The van der Waals surface area contributed by atoms with Gasteiger partial charge in [0.15, 0.2) is 0 Å². The van der Waals surface area contributed by atoms with E-state index in [0.29, 0.717) is 25.2 Å². The van der Waals surface area contributed by atoms with Gasteiger partial charge in [0.25, 0.3) is 5.91 Å². The Bertz CT molecular complexity index is 482. The molecular formula is C13H21F3N4O. The van der Waals surface area contributed by atoms with Crippen molar-refractivity contribution >= 4 is 5.91 Å². The third-order valence-corrected chi connectivity index (χ3v) is 3.14. The predicted molar refractivity (Wildman–Crippen MR) is 72.9 cm³/mol. The van der Waals surface area contributed by atoms with Crippen molar-refractivity contribution in [3.8, 4) is 0 Å². The Labute approximate surface area is 121 Å². The number of carbonyl (C=O) groups is 1. The number of aryl methyl sites for hydroxylation is 1. The summed E-state index contributed by atoms with van der Waals surface area (Å²) in [6.07, 6.45) is -2.42. The molecule has 0 saturated carbocycles. The van der Waals surface area contributed by atoms with Crippen LogP contribution in [0.25, 0.3) is 0 Å². The highest BCUT2D eigenvalue weighted by molar-refractivity contribution is 5.95. The highest BCUT2D eigenvalue weighted by Gasteiger charge is 2.35. The second-order valence-electron chi connectivity index (χ2n) is 5.15. The molecule has 0 saturated heterocycles.